The minimum absolute atomic E-state index is 0.236. The van der Waals surface area contributed by atoms with Gasteiger partial charge < -0.3 is 10.5 Å². The molecule has 2 heteroatoms. The summed E-state index contributed by atoms with van der Waals surface area (Å²) in [4.78, 5) is 0. The van der Waals surface area contributed by atoms with Crippen LogP contribution in [0.3, 0.4) is 0 Å². The van der Waals surface area contributed by atoms with Gasteiger partial charge in [-0.1, -0.05) is 6.92 Å². The van der Waals surface area contributed by atoms with Gasteiger partial charge in [0.2, 0.25) is 0 Å². The van der Waals surface area contributed by atoms with E-state index in [0.717, 1.165) is 6.61 Å². The third-order valence-electron chi connectivity index (χ3n) is 3.17. The van der Waals surface area contributed by atoms with Gasteiger partial charge >= 0.3 is 0 Å². The van der Waals surface area contributed by atoms with E-state index in [1.807, 2.05) is 0 Å². The first-order valence-electron chi connectivity index (χ1n) is 4.16. The van der Waals surface area contributed by atoms with Crippen LogP contribution in [0.4, 0.5) is 0 Å². The molecule has 0 bridgehead atoms. The number of hydrogen-bond donors (Lipinski definition) is 1. The first-order valence-corrected chi connectivity index (χ1v) is 4.16. The van der Waals surface area contributed by atoms with Crippen molar-refractivity contribution >= 4 is 0 Å². The van der Waals surface area contributed by atoms with Crippen LogP contribution in [-0.2, 0) is 4.74 Å². The van der Waals surface area contributed by atoms with Crippen molar-refractivity contribution in [3.8, 4) is 0 Å². The van der Waals surface area contributed by atoms with Gasteiger partial charge in [0.15, 0.2) is 0 Å². The zero-order chi connectivity index (χ0) is 7.19. The van der Waals surface area contributed by atoms with E-state index in [2.05, 4.69) is 6.92 Å². The Kier molecular flexibility index (Phi) is 1.29. The van der Waals surface area contributed by atoms with Gasteiger partial charge in [0.1, 0.15) is 5.72 Å². The topological polar surface area (TPSA) is 35.2 Å². The number of ether oxygens (including phenoxy) is 1. The summed E-state index contributed by atoms with van der Waals surface area (Å²) >= 11 is 0. The van der Waals surface area contributed by atoms with Gasteiger partial charge in [-0.2, -0.15) is 0 Å². The molecule has 0 aromatic rings. The van der Waals surface area contributed by atoms with Gasteiger partial charge in [-0.3, -0.25) is 0 Å². The molecule has 2 rings (SSSR count). The Hall–Kier alpha value is -0.0800. The lowest BCUT2D eigenvalue weighted by molar-refractivity contribution is -0.0343. The normalized spacial score (nSPS) is 53.4. The molecule has 3 atom stereocenters. The lowest BCUT2D eigenvalue weighted by atomic mass is 9.95. The highest BCUT2D eigenvalue weighted by Gasteiger charge is 2.49. The molecule has 2 nitrogen and oxygen atoms in total. The number of rotatable bonds is 0. The molecule has 2 fully saturated rings. The Bertz CT molecular complexity index is 148. The molecule has 0 aromatic carbocycles. The van der Waals surface area contributed by atoms with Gasteiger partial charge in [-0.15, -0.1) is 0 Å². The third kappa shape index (κ3) is 0.663. The molecular formula is C8H15NO. The first-order chi connectivity index (χ1) is 4.73. The maximum absolute atomic E-state index is 6.09. The predicted octanol–water partition coefficient (Wildman–Crippen LogP) is 1.11. The summed E-state index contributed by atoms with van der Waals surface area (Å²) in [6.45, 7) is 3.08. The molecule has 1 aliphatic carbocycles. The Balaban J connectivity index is 2.21. The van der Waals surface area contributed by atoms with Crippen molar-refractivity contribution in [1.82, 2.24) is 0 Å². The standard InChI is InChI=1S/C8H15NO/c1-6-2-3-7-4-5-10-8(6,7)9/h6-7H,2-5,9H2,1H3/t6?,7-,8-/m1/s1. The van der Waals surface area contributed by atoms with E-state index in [4.69, 9.17) is 10.5 Å². The maximum atomic E-state index is 6.09. The van der Waals surface area contributed by atoms with Crippen LogP contribution in [0.15, 0.2) is 0 Å². The number of nitrogens with two attached hydrogens (primary N) is 1. The summed E-state index contributed by atoms with van der Waals surface area (Å²) in [6.07, 6.45) is 3.71. The molecule has 2 N–H and O–H groups in total. The summed E-state index contributed by atoms with van der Waals surface area (Å²) in [5.41, 5.74) is 5.85. The number of hydrogen-bond acceptors (Lipinski definition) is 2. The van der Waals surface area contributed by atoms with E-state index < -0.39 is 0 Å². The van der Waals surface area contributed by atoms with Crippen molar-refractivity contribution in [2.45, 2.75) is 31.9 Å². The second-order valence-electron chi connectivity index (χ2n) is 3.67. The van der Waals surface area contributed by atoms with Gasteiger partial charge in [0, 0.05) is 12.5 Å². The van der Waals surface area contributed by atoms with Crippen molar-refractivity contribution < 1.29 is 4.74 Å². The quantitative estimate of drug-likeness (QED) is 0.548. The highest BCUT2D eigenvalue weighted by atomic mass is 16.5. The van der Waals surface area contributed by atoms with E-state index in [0.29, 0.717) is 11.8 Å². The Morgan fingerprint density at radius 2 is 2.20 bits per heavy atom. The molecule has 0 radical (unpaired) electrons. The molecule has 0 amide bonds. The fourth-order valence-electron chi connectivity index (χ4n) is 2.31. The van der Waals surface area contributed by atoms with Crippen molar-refractivity contribution in [3.63, 3.8) is 0 Å². The van der Waals surface area contributed by atoms with Crippen molar-refractivity contribution in [3.05, 3.63) is 0 Å². The summed E-state index contributed by atoms with van der Waals surface area (Å²) in [6, 6.07) is 0. The molecule has 1 saturated carbocycles. The van der Waals surface area contributed by atoms with Gasteiger partial charge in [-0.05, 0) is 25.2 Å². The van der Waals surface area contributed by atoms with Crippen LogP contribution in [0.1, 0.15) is 26.2 Å². The Morgan fingerprint density at radius 1 is 1.40 bits per heavy atom. The maximum Gasteiger partial charge on any atom is 0.122 e. The molecule has 10 heavy (non-hydrogen) atoms. The molecule has 1 unspecified atom stereocenters. The smallest absolute Gasteiger partial charge is 0.122 e. The van der Waals surface area contributed by atoms with Crippen molar-refractivity contribution in [2.24, 2.45) is 17.6 Å². The highest BCUT2D eigenvalue weighted by Crippen LogP contribution is 2.45. The average molecular weight is 141 g/mol. The second kappa shape index (κ2) is 1.95. The Labute approximate surface area is 61.7 Å². The number of fused-ring (bicyclic) bond motifs is 1. The zero-order valence-corrected chi connectivity index (χ0v) is 6.47. The molecular weight excluding hydrogens is 126 g/mol. The summed E-state index contributed by atoms with van der Waals surface area (Å²) in [5, 5.41) is 0. The summed E-state index contributed by atoms with van der Waals surface area (Å²) < 4.78 is 5.55. The van der Waals surface area contributed by atoms with Crippen molar-refractivity contribution in [1.29, 1.82) is 0 Å². The molecule has 58 valence electrons. The van der Waals surface area contributed by atoms with Crippen LogP contribution >= 0.6 is 0 Å². The van der Waals surface area contributed by atoms with Crippen LogP contribution in [0.2, 0.25) is 0 Å². The Morgan fingerprint density at radius 3 is 2.90 bits per heavy atom. The van der Waals surface area contributed by atoms with Crippen LogP contribution in [0.5, 0.6) is 0 Å². The minimum Gasteiger partial charge on any atom is -0.360 e. The van der Waals surface area contributed by atoms with E-state index in [1.54, 1.807) is 0 Å². The highest BCUT2D eigenvalue weighted by molar-refractivity contribution is 4.96. The third-order valence-corrected chi connectivity index (χ3v) is 3.17. The minimum atomic E-state index is -0.236. The lowest BCUT2D eigenvalue weighted by Crippen LogP contribution is -2.46. The van der Waals surface area contributed by atoms with E-state index in [9.17, 15) is 0 Å². The average Bonchev–Trinajstić information content (AvgIpc) is 2.36. The van der Waals surface area contributed by atoms with Crippen LogP contribution in [0.25, 0.3) is 0 Å². The van der Waals surface area contributed by atoms with Crippen LogP contribution in [0, 0.1) is 11.8 Å². The van der Waals surface area contributed by atoms with E-state index in [-0.39, 0.29) is 5.72 Å². The summed E-state index contributed by atoms with van der Waals surface area (Å²) in [5.74, 6) is 1.22. The molecule has 2 aliphatic rings. The van der Waals surface area contributed by atoms with Crippen LogP contribution in [-0.4, -0.2) is 12.3 Å². The van der Waals surface area contributed by atoms with E-state index in [1.165, 1.54) is 19.3 Å². The first kappa shape index (κ1) is 6.62. The predicted molar refractivity (Wildman–Crippen MR) is 39.4 cm³/mol. The van der Waals surface area contributed by atoms with Crippen molar-refractivity contribution in [2.75, 3.05) is 6.61 Å². The molecule has 0 spiro atoms. The van der Waals surface area contributed by atoms with E-state index >= 15 is 0 Å². The fourth-order valence-corrected chi connectivity index (χ4v) is 2.31. The molecule has 1 aliphatic heterocycles. The van der Waals surface area contributed by atoms with Gasteiger partial charge in [-0.25, -0.2) is 0 Å². The monoisotopic (exact) mass is 141 g/mol. The molecule has 0 aromatic heterocycles. The fraction of sp³-hybridized carbons (Fsp3) is 1.00. The largest absolute Gasteiger partial charge is 0.360 e. The van der Waals surface area contributed by atoms with Gasteiger partial charge in [0.25, 0.3) is 0 Å². The second-order valence-corrected chi connectivity index (χ2v) is 3.67. The van der Waals surface area contributed by atoms with Gasteiger partial charge in [0.05, 0.1) is 0 Å². The van der Waals surface area contributed by atoms with Crippen LogP contribution < -0.4 is 5.73 Å². The lowest BCUT2D eigenvalue weighted by Gasteiger charge is -2.27. The molecule has 1 heterocycles. The summed E-state index contributed by atoms with van der Waals surface area (Å²) in [7, 11) is 0. The zero-order valence-electron chi connectivity index (χ0n) is 6.47. The molecule has 1 saturated heterocycles. The SMILES string of the molecule is CC1CC[C@@H]2CCO[C@]12N.